The zero-order valence-corrected chi connectivity index (χ0v) is 10.8. The van der Waals surface area contributed by atoms with E-state index < -0.39 is 11.3 Å². The van der Waals surface area contributed by atoms with Gasteiger partial charge in [-0.05, 0) is 20.9 Å². The first kappa shape index (κ1) is 12.6. The average Bonchev–Trinajstić information content (AvgIpc) is 2.19. The van der Waals surface area contributed by atoms with Gasteiger partial charge in [-0.15, -0.1) is 4.40 Å². The standard InChI is InChI=1S/C9H19N3O2S/c1-9(2)8(10-15(13)14-5)11(3)6-7-12(9)4/h6-7H2,1-5H3/b10-8+. The highest BCUT2D eigenvalue weighted by atomic mass is 32.2. The summed E-state index contributed by atoms with van der Waals surface area (Å²) in [6.07, 6.45) is 0. The second-order valence-corrected chi connectivity index (χ2v) is 5.15. The molecule has 0 aromatic carbocycles. The fourth-order valence-electron chi connectivity index (χ4n) is 1.61. The number of hydrogen-bond donors (Lipinski definition) is 0. The van der Waals surface area contributed by atoms with Gasteiger partial charge >= 0.3 is 0 Å². The molecule has 0 N–H and O–H groups in total. The fraction of sp³-hybridized carbons (Fsp3) is 0.889. The average molecular weight is 233 g/mol. The molecule has 15 heavy (non-hydrogen) atoms. The Kier molecular flexibility index (Phi) is 3.86. The smallest absolute Gasteiger partial charge is 0.286 e. The van der Waals surface area contributed by atoms with E-state index in [-0.39, 0.29) is 5.54 Å². The molecule has 1 aliphatic heterocycles. The van der Waals surface area contributed by atoms with Gasteiger partial charge in [0.15, 0.2) is 0 Å². The predicted molar refractivity (Wildman–Crippen MR) is 61.9 cm³/mol. The number of piperazine rings is 1. The number of amidine groups is 1. The molecule has 0 saturated carbocycles. The molecule has 1 heterocycles. The first-order valence-electron chi connectivity index (χ1n) is 4.87. The van der Waals surface area contributed by atoms with Crippen molar-refractivity contribution in [2.24, 2.45) is 4.40 Å². The van der Waals surface area contributed by atoms with E-state index in [0.717, 1.165) is 18.9 Å². The fourth-order valence-corrected chi connectivity index (χ4v) is 2.19. The van der Waals surface area contributed by atoms with Gasteiger partial charge in [-0.3, -0.25) is 9.08 Å². The molecule has 1 atom stereocenters. The van der Waals surface area contributed by atoms with Gasteiger partial charge in [0.05, 0.1) is 12.6 Å². The van der Waals surface area contributed by atoms with E-state index >= 15 is 0 Å². The molecular weight excluding hydrogens is 214 g/mol. The van der Waals surface area contributed by atoms with Gasteiger partial charge in [-0.2, -0.15) is 0 Å². The minimum atomic E-state index is -1.59. The van der Waals surface area contributed by atoms with Crippen LogP contribution in [0.3, 0.4) is 0 Å². The van der Waals surface area contributed by atoms with Crippen LogP contribution in [-0.2, 0) is 15.4 Å². The lowest BCUT2D eigenvalue weighted by Crippen LogP contribution is -2.60. The van der Waals surface area contributed by atoms with Crippen molar-refractivity contribution in [3.63, 3.8) is 0 Å². The highest BCUT2D eigenvalue weighted by molar-refractivity contribution is 7.78. The summed E-state index contributed by atoms with van der Waals surface area (Å²) in [4.78, 5) is 4.22. The summed E-state index contributed by atoms with van der Waals surface area (Å²) < 4.78 is 20.0. The van der Waals surface area contributed by atoms with Crippen molar-refractivity contribution in [2.45, 2.75) is 19.4 Å². The van der Waals surface area contributed by atoms with E-state index in [9.17, 15) is 4.21 Å². The molecule has 1 unspecified atom stereocenters. The van der Waals surface area contributed by atoms with Crippen molar-refractivity contribution in [2.75, 3.05) is 34.3 Å². The van der Waals surface area contributed by atoms with Gasteiger partial charge in [0.25, 0.3) is 11.3 Å². The summed E-state index contributed by atoms with van der Waals surface area (Å²) in [5.74, 6) is 0.802. The maximum absolute atomic E-state index is 11.3. The largest absolute Gasteiger partial charge is 0.360 e. The maximum Gasteiger partial charge on any atom is 0.286 e. The molecule has 0 amide bonds. The summed E-state index contributed by atoms with van der Waals surface area (Å²) in [7, 11) is 5.39. The Morgan fingerprint density at radius 2 is 2.00 bits per heavy atom. The quantitative estimate of drug-likeness (QED) is 0.686. The van der Waals surface area contributed by atoms with E-state index in [2.05, 4.69) is 27.3 Å². The molecule has 0 bridgehead atoms. The van der Waals surface area contributed by atoms with Gasteiger partial charge in [0.2, 0.25) is 0 Å². The lowest BCUT2D eigenvalue weighted by molar-refractivity contribution is 0.162. The zero-order chi connectivity index (χ0) is 11.6. The van der Waals surface area contributed by atoms with Crippen LogP contribution in [0, 0.1) is 0 Å². The van der Waals surface area contributed by atoms with Crippen LogP contribution in [-0.4, -0.2) is 59.7 Å². The monoisotopic (exact) mass is 233 g/mol. The molecule has 0 radical (unpaired) electrons. The van der Waals surface area contributed by atoms with E-state index in [0.29, 0.717) is 0 Å². The van der Waals surface area contributed by atoms with E-state index in [1.54, 1.807) is 0 Å². The van der Waals surface area contributed by atoms with Gasteiger partial charge in [0, 0.05) is 20.1 Å². The van der Waals surface area contributed by atoms with Crippen molar-refractivity contribution in [3.8, 4) is 0 Å². The molecule has 0 aromatic heterocycles. The zero-order valence-electron chi connectivity index (χ0n) is 9.98. The Balaban J connectivity index is 3.00. The van der Waals surface area contributed by atoms with Crippen molar-refractivity contribution >= 4 is 17.1 Å². The topological polar surface area (TPSA) is 45.1 Å². The second-order valence-electron chi connectivity index (χ2n) is 4.20. The highest BCUT2D eigenvalue weighted by Crippen LogP contribution is 2.21. The summed E-state index contributed by atoms with van der Waals surface area (Å²) in [6.45, 7) is 5.99. The molecule has 1 saturated heterocycles. The van der Waals surface area contributed by atoms with Crippen LogP contribution >= 0.6 is 0 Å². The Hall–Kier alpha value is -0.460. The minimum Gasteiger partial charge on any atom is -0.360 e. The van der Waals surface area contributed by atoms with Gasteiger partial charge in [-0.1, -0.05) is 0 Å². The van der Waals surface area contributed by atoms with Crippen molar-refractivity contribution < 1.29 is 8.39 Å². The molecule has 0 spiro atoms. The van der Waals surface area contributed by atoms with Crippen molar-refractivity contribution in [1.82, 2.24) is 9.80 Å². The number of hydrogen-bond acceptors (Lipinski definition) is 3. The molecule has 6 heteroatoms. The van der Waals surface area contributed by atoms with E-state index in [1.807, 2.05) is 19.0 Å². The van der Waals surface area contributed by atoms with E-state index in [4.69, 9.17) is 0 Å². The minimum absolute atomic E-state index is 0.207. The molecule has 88 valence electrons. The van der Waals surface area contributed by atoms with Gasteiger partial charge in [-0.25, -0.2) is 4.21 Å². The third-order valence-corrected chi connectivity index (χ3v) is 3.54. The van der Waals surface area contributed by atoms with Crippen molar-refractivity contribution in [1.29, 1.82) is 0 Å². The molecule has 5 nitrogen and oxygen atoms in total. The summed E-state index contributed by atoms with van der Waals surface area (Å²) in [5, 5.41) is 0. The second kappa shape index (κ2) is 4.59. The Morgan fingerprint density at radius 1 is 1.40 bits per heavy atom. The Morgan fingerprint density at radius 3 is 2.53 bits per heavy atom. The molecule has 1 fully saturated rings. The summed E-state index contributed by atoms with van der Waals surface area (Å²) in [5.41, 5.74) is -0.207. The third kappa shape index (κ3) is 2.56. The van der Waals surface area contributed by atoms with Crippen LogP contribution in [0.5, 0.6) is 0 Å². The van der Waals surface area contributed by atoms with Crippen LogP contribution in [0.1, 0.15) is 13.8 Å². The normalized spacial score (nSPS) is 27.0. The van der Waals surface area contributed by atoms with Gasteiger partial charge < -0.3 is 4.90 Å². The third-order valence-electron chi connectivity index (χ3n) is 2.94. The first-order chi connectivity index (χ1) is 6.89. The first-order valence-corrected chi connectivity index (χ1v) is 5.90. The molecular formula is C9H19N3O2S. The lowest BCUT2D eigenvalue weighted by Gasteiger charge is -2.45. The van der Waals surface area contributed by atoms with Crippen LogP contribution in [0.4, 0.5) is 0 Å². The molecule has 0 aliphatic carbocycles. The number of nitrogens with zero attached hydrogens (tertiary/aromatic N) is 3. The van der Waals surface area contributed by atoms with Gasteiger partial charge in [0.1, 0.15) is 5.84 Å². The lowest BCUT2D eigenvalue weighted by atomic mass is 9.98. The van der Waals surface area contributed by atoms with Crippen LogP contribution in [0.2, 0.25) is 0 Å². The van der Waals surface area contributed by atoms with Crippen LogP contribution in [0.15, 0.2) is 4.40 Å². The van der Waals surface area contributed by atoms with Crippen LogP contribution in [0.25, 0.3) is 0 Å². The predicted octanol–water partition coefficient (Wildman–Crippen LogP) is 0.266. The molecule has 1 aliphatic rings. The number of likely N-dealkylation sites (N-methyl/N-ethyl adjacent to an activating group) is 2. The molecule has 1 rings (SSSR count). The Labute approximate surface area is 93.9 Å². The SMILES string of the molecule is COS(=O)/N=C1/N(C)CCN(C)C1(C)C. The summed E-state index contributed by atoms with van der Waals surface area (Å²) in [6, 6.07) is 0. The van der Waals surface area contributed by atoms with Crippen LogP contribution < -0.4 is 0 Å². The van der Waals surface area contributed by atoms with Crippen molar-refractivity contribution in [3.05, 3.63) is 0 Å². The molecule has 0 aromatic rings. The van der Waals surface area contributed by atoms with E-state index in [1.165, 1.54) is 7.11 Å². The highest BCUT2D eigenvalue weighted by Gasteiger charge is 2.36. The Bertz CT molecular complexity index is 291. The number of rotatable bonds is 2. The maximum atomic E-state index is 11.3. The summed E-state index contributed by atoms with van der Waals surface area (Å²) >= 11 is -1.59.